The lowest BCUT2D eigenvalue weighted by Crippen LogP contribution is -2.23. The van der Waals surface area contributed by atoms with Gasteiger partial charge in [0.2, 0.25) is 0 Å². The highest BCUT2D eigenvalue weighted by Gasteiger charge is 2.07. The van der Waals surface area contributed by atoms with Crippen LogP contribution in [0, 0.1) is 0 Å². The molecule has 1 aromatic heterocycles. The average molecular weight is 261 g/mol. The maximum absolute atomic E-state index is 5.82. The minimum Gasteiger partial charge on any atom is -0.399 e. The first kappa shape index (κ1) is 13.1. The van der Waals surface area contributed by atoms with Crippen molar-refractivity contribution >= 4 is 17.0 Å². The Bertz CT molecular complexity index is 468. The molecule has 2 N–H and O–H groups in total. The molecule has 0 spiro atoms. The summed E-state index contributed by atoms with van der Waals surface area (Å²) in [6.45, 7) is 5.13. The zero-order valence-corrected chi connectivity index (χ0v) is 11.5. The van der Waals surface area contributed by atoms with Crippen LogP contribution in [0.1, 0.15) is 23.9 Å². The number of rotatable bonds is 6. The molecule has 0 atom stereocenters. The summed E-state index contributed by atoms with van der Waals surface area (Å²) >= 11 is 1.71. The zero-order chi connectivity index (χ0) is 12.8. The molecule has 0 fully saturated rings. The zero-order valence-electron chi connectivity index (χ0n) is 10.7. The van der Waals surface area contributed by atoms with Crippen LogP contribution in [0.5, 0.6) is 0 Å². The summed E-state index contributed by atoms with van der Waals surface area (Å²) in [5.74, 6) is 0. The molecule has 96 valence electrons. The van der Waals surface area contributed by atoms with E-state index in [1.54, 1.807) is 11.3 Å². The van der Waals surface area contributed by atoms with Crippen molar-refractivity contribution in [3.05, 3.63) is 46.4 Å². The Labute approximate surface area is 112 Å². The third-order valence-corrected chi connectivity index (χ3v) is 3.50. The lowest BCUT2D eigenvalue weighted by Gasteiger charge is -2.20. The second-order valence-electron chi connectivity index (χ2n) is 4.38. The Kier molecular flexibility index (Phi) is 4.73. The topological polar surface area (TPSA) is 42.1 Å². The summed E-state index contributed by atoms with van der Waals surface area (Å²) in [4.78, 5) is 6.76. The molecule has 0 aliphatic rings. The molecule has 0 radical (unpaired) electrons. The fourth-order valence-corrected chi connectivity index (χ4v) is 2.66. The van der Waals surface area contributed by atoms with E-state index in [9.17, 15) is 0 Å². The van der Waals surface area contributed by atoms with Crippen LogP contribution in [0.25, 0.3) is 0 Å². The normalized spacial score (nSPS) is 11.0. The highest BCUT2D eigenvalue weighted by molar-refractivity contribution is 7.09. The first-order valence-corrected chi connectivity index (χ1v) is 7.11. The molecular weight excluding hydrogens is 242 g/mol. The minimum absolute atomic E-state index is 0.832. The van der Waals surface area contributed by atoms with Crippen LogP contribution in [0.4, 0.5) is 5.69 Å². The molecule has 3 nitrogen and oxygen atoms in total. The van der Waals surface area contributed by atoms with Gasteiger partial charge in [0.05, 0.1) is 6.54 Å². The van der Waals surface area contributed by atoms with Crippen LogP contribution < -0.4 is 5.73 Å². The van der Waals surface area contributed by atoms with Gasteiger partial charge in [-0.2, -0.15) is 0 Å². The minimum atomic E-state index is 0.832. The van der Waals surface area contributed by atoms with Crippen molar-refractivity contribution in [2.75, 3.05) is 12.3 Å². The fraction of sp³-hybridized carbons (Fsp3) is 0.357. The molecule has 4 heteroatoms. The maximum Gasteiger partial charge on any atom is 0.107 e. The number of hydrogen-bond donors (Lipinski definition) is 1. The Morgan fingerprint density at radius 1 is 1.33 bits per heavy atom. The molecule has 0 unspecified atom stereocenters. The highest BCUT2D eigenvalue weighted by atomic mass is 32.1. The largest absolute Gasteiger partial charge is 0.399 e. The van der Waals surface area contributed by atoms with E-state index in [1.807, 2.05) is 29.8 Å². The number of nitrogens with zero attached hydrogens (tertiary/aromatic N) is 2. The molecule has 0 aliphatic carbocycles. The highest BCUT2D eigenvalue weighted by Crippen LogP contribution is 2.14. The summed E-state index contributed by atoms with van der Waals surface area (Å²) in [5.41, 5.74) is 7.91. The number of benzene rings is 1. The van der Waals surface area contributed by atoms with E-state index >= 15 is 0 Å². The van der Waals surface area contributed by atoms with Crippen molar-refractivity contribution in [3.63, 3.8) is 0 Å². The van der Waals surface area contributed by atoms with E-state index in [1.165, 1.54) is 10.6 Å². The molecule has 2 rings (SSSR count). The second kappa shape index (κ2) is 6.52. The smallest absolute Gasteiger partial charge is 0.107 e. The summed E-state index contributed by atoms with van der Waals surface area (Å²) < 4.78 is 0. The van der Waals surface area contributed by atoms with Crippen molar-refractivity contribution in [2.45, 2.75) is 26.4 Å². The average Bonchev–Trinajstić information content (AvgIpc) is 2.82. The van der Waals surface area contributed by atoms with Gasteiger partial charge < -0.3 is 5.73 Å². The van der Waals surface area contributed by atoms with Gasteiger partial charge in [0.15, 0.2) is 0 Å². The third kappa shape index (κ3) is 3.82. The predicted molar refractivity (Wildman–Crippen MR) is 77.4 cm³/mol. The first-order chi connectivity index (χ1) is 8.78. The van der Waals surface area contributed by atoms with Crippen LogP contribution in [-0.4, -0.2) is 16.4 Å². The molecule has 0 amide bonds. The second-order valence-corrected chi connectivity index (χ2v) is 5.36. The Hall–Kier alpha value is -1.39. The summed E-state index contributed by atoms with van der Waals surface area (Å²) in [7, 11) is 0. The number of thiazole rings is 1. The van der Waals surface area contributed by atoms with Gasteiger partial charge in [-0.1, -0.05) is 19.1 Å². The van der Waals surface area contributed by atoms with Crippen LogP contribution >= 0.6 is 11.3 Å². The van der Waals surface area contributed by atoms with E-state index in [0.29, 0.717) is 0 Å². The van der Waals surface area contributed by atoms with E-state index < -0.39 is 0 Å². The molecule has 0 aliphatic heterocycles. The van der Waals surface area contributed by atoms with Gasteiger partial charge >= 0.3 is 0 Å². The number of anilines is 1. The lowest BCUT2D eigenvalue weighted by molar-refractivity contribution is 0.257. The van der Waals surface area contributed by atoms with Crippen molar-refractivity contribution in [1.29, 1.82) is 0 Å². The summed E-state index contributed by atoms with van der Waals surface area (Å²) in [6, 6.07) is 8.11. The summed E-state index contributed by atoms with van der Waals surface area (Å²) in [5, 5.41) is 3.20. The first-order valence-electron chi connectivity index (χ1n) is 6.23. The molecule has 0 saturated carbocycles. The Morgan fingerprint density at radius 3 is 2.89 bits per heavy atom. The van der Waals surface area contributed by atoms with Crippen molar-refractivity contribution in [3.8, 4) is 0 Å². The summed E-state index contributed by atoms with van der Waals surface area (Å²) in [6.07, 6.45) is 3.01. The molecule has 2 aromatic rings. The van der Waals surface area contributed by atoms with Gasteiger partial charge in [0, 0.05) is 23.8 Å². The molecular formula is C14H19N3S. The lowest BCUT2D eigenvalue weighted by atomic mass is 10.2. The van der Waals surface area contributed by atoms with Gasteiger partial charge in [-0.05, 0) is 30.7 Å². The number of aromatic nitrogens is 1. The molecule has 0 bridgehead atoms. The van der Waals surface area contributed by atoms with E-state index in [4.69, 9.17) is 5.73 Å². The van der Waals surface area contributed by atoms with Gasteiger partial charge in [0.25, 0.3) is 0 Å². The van der Waals surface area contributed by atoms with Gasteiger partial charge in [0.1, 0.15) is 5.01 Å². The van der Waals surface area contributed by atoms with Crippen molar-refractivity contribution < 1.29 is 0 Å². The molecule has 1 aromatic carbocycles. The standard InChI is InChI=1S/C14H19N3S/c1-2-7-17(11-14-16-6-8-18-14)10-12-4-3-5-13(15)9-12/h3-6,8-9H,2,7,10-11,15H2,1H3. The number of nitrogen functional groups attached to an aromatic ring is 1. The fourth-order valence-electron chi connectivity index (χ4n) is 2.00. The van der Waals surface area contributed by atoms with Gasteiger partial charge in [-0.25, -0.2) is 4.98 Å². The van der Waals surface area contributed by atoms with Crippen molar-refractivity contribution in [2.24, 2.45) is 0 Å². The predicted octanol–water partition coefficient (Wildman–Crippen LogP) is 3.14. The monoisotopic (exact) mass is 261 g/mol. The van der Waals surface area contributed by atoms with Crippen molar-refractivity contribution in [1.82, 2.24) is 9.88 Å². The Balaban J connectivity index is 2.01. The quantitative estimate of drug-likeness (QED) is 0.812. The van der Waals surface area contributed by atoms with Gasteiger partial charge in [-0.3, -0.25) is 4.90 Å². The molecule has 1 heterocycles. The maximum atomic E-state index is 5.82. The van der Waals surface area contributed by atoms with Gasteiger partial charge in [-0.15, -0.1) is 11.3 Å². The molecule has 18 heavy (non-hydrogen) atoms. The van der Waals surface area contributed by atoms with Crippen LogP contribution in [0.2, 0.25) is 0 Å². The number of hydrogen-bond acceptors (Lipinski definition) is 4. The van der Waals surface area contributed by atoms with Crippen LogP contribution in [0.15, 0.2) is 35.8 Å². The third-order valence-electron chi connectivity index (χ3n) is 2.74. The van der Waals surface area contributed by atoms with Crippen LogP contribution in [-0.2, 0) is 13.1 Å². The van der Waals surface area contributed by atoms with Crippen LogP contribution in [0.3, 0.4) is 0 Å². The SMILES string of the molecule is CCCN(Cc1cccc(N)c1)Cc1nccs1. The Morgan fingerprint density at radius 2 is 2.22 bits per heavy atom. The van der Waals surface area contributed by atoms with E-state index in [0.717, 1.165) is 31.7 Å². The number of nitrogens with two attached hydrogens (primary N) is 1. The molecule has 0 saturated heterocycles. The van der Waals surface area contributed by atoms with E-state index in [-0.39, 0.29) is 0 Å². The van der Waals surface area contributed by atoms with E-state index in [2.05, 4.69) is 22.9 Å².